The molecule has 0 radical (unpaired) electrons. The molecule has 1 nitrogen and oxygen atoms in total. The molecule has 0 aliphatic rings. The summed E-state index contributed by atoms with van der Waals surface area (Å²) < 4.78 is 7.34. The first kappa shape index (κ1) is 17.2. The maximum absolute atomic E-state index is 4.95. The van der Waals surface area contributed by atoms with E-state index in [1.54, 1.807) is 0 Å². The van der Waals surface area contributed by atoms with Gasteiger partial charge < -0.3 is 0 Å². The standard InChI is InChI=1S/C15H15N.C5H10.Mo/c1-10-8-11(2)15(12(3)9-10)13-6-4-5-7-14(13)16;1-5(2,3)4;/h4-9H,1-3H3;1H,2-4H3;/q;;+2. The number of benzene rings is 2. The molecule has 0 atom stereocenters. The molecule has 0 saturated heterocycles. The van der Waals surface area contributed by atoms with Crippen LogP contribution in [0.2, 0.25) is 0 Å². The second-order valence-electron chi connectivity index (χ2n) is 6.97. The van der Waals surface area contributed by atoms with E-state index in [4.69, 9.17) is 3.50 Å². The summed E-state index contributed by atoms with van der Waals surface area (Å²) in [5, 5.41) is 0. The second kappa shape index (κ2) is 6.92. The van der Waals surface area contributed by atoms with E-state index in [0.29, 0.717) is 0 Å². The summed E-state index contributed by atoms with van der Waals surface area (Å²) in [6, 6.07) is 13.1. The van der Waals surface area contributed by atoms with Gasteiger partial charge in [-0.2, -0.15) is 0 Å². The van der Waals surface area contributed by atoms with Crippen LogP contribution in [-0.2, 0) is 17.9 Å². The van der Waals surface area contributed by atoms with E-state index < -0.39 is 17.9 Å². The molecule has 2 aromatic rings. The normalized spacial score (nSPS) is 11.0. The Morgan fingerprint density at radius 3 is 2.14 bits per heavy atom. The van der Waals surface area contributed by atoms with Crippen molar-refractivity contribution < 1.29 is 17.9 Å². The Bertz CT molecular complexity index is 722. The van der Waals surface area contributed by atoms with E-state index in [0.717, 1.165) is 5.69 Å². The van der Waals surface area contributed by atoms with Crippen molar-refractivity contribution in [3.05, 3.63) is 53.1 Å². The summed E-state index contributed by atoms with van der Waals surface area (Å²) in [6.45, 7) is 13.3. The Morgan fingerprint density at radius 1 is 0.955 bits per heavy atom. The molecule has 0 amide bonds. The SMILES string of the molecule is Cc1cc(C)c(-c2ccccc2[N]=[Mo+2]=[CH]C(C)(C)C)c(C)c1. The fourth-order valence-corrected chi connectivity index (χ4v) is 4.19. The monoisotopic (exact) mass is 377 g/mol. The summed E-state index contributed by atoms with van der Waals surface area (Å²) >= 11 is -0.466. The molecule has 0 aliphatic carbocycles. The third-order valence-electron chi connectivity index (χ3n) is 3.41. The average Bonchev–Trinajstić information content (AvgIpc) is 2.38. The minimum atomic E-state index is -0.466. The number of aryl methyl sites for hydroxylation is 3. The fourth-order valence-electron chi connectivity index (χ4n) is 2.61. The molecule has 0 N–H and O–H groups in total. The van der Waals surface area contributed by atoms with Crippen LogP contribution in [0.1, 0.15) is 37.5 Å². The summed E-state index contributed by atoms with van der Waals surface area (Å²) in [4.78, 5) is 0. The summed E-state index contributed by atoms with van der Waals surface area (Å²) in [5.74, 6) is 0. The molecule has 0 unspecified atom stereocenters. The maximum atomic E-state index is 4.95. The molecule has 22 heavy (non-hydrogen) atoms. The van der Waals surface area contributed by atoms with Crippen LogP contribution in [0.3, 0.4) is 0 Å². The van der Waals surface area contributed by atoms with Crippen LogP contribution in [0.5, 0.6) is 0 Å². The van der Waals surface area contributed by atoms with Gasteiger partial charge in [0.1, 0.15) is 0 Å². The van der Waals surface area contributed by atoms with Crippen molar-refractivity contribution in [2.75, 3.05) is 0 Å². The molecule has 2 aromatic carbocycles. The number of nitrogens with zero attached hydrogens (tertiary/aromatic N) is 1. The van der Waals surface area contributed by atoms with Gasteiger partial charge in [-0.25, -0.2) is 0 Å². The van der Waals surface area contributed by atoms with Crippen LogP contribution in [0.25, 0.3) is 11.1 Å². The van der Waals surface area contributed by atoms with Gasteiger partial charge in [-0.15, -0.1) is 0 Å². The molecule has 2 heteroatoms. The topological polar surface area (TPSA) is 12.4 Å². The number of hydrogen-bond acceptors (Lipinski definition) is 1. The van der Waals surface area contributed by atoms with Crippen molar-refractivity contribution in [3.8, 4) is 11.1 Å². The number of rotatable bonds is 2. The van der Waals surface area contributed by atoms with Gasteiger partial charge in [0.2, 0.25) is 0 Å². The third kappa shape index (κ3) is 4.40. The zero-order chi connectivity index (χ0) is 16.3. The van der Waals surface area contributed by atoms with Crippen molar-refractivity contribution in [1.29, 1.82) is 0 Å². The molecular formula is C20H25MoN+2. The zero-order valence-electron chi connectivity index (χ0n) is 14.4. The first-order chi connectivity index (χ1) is 10.3. The molecule has 0 saturated carbocycles. The van der Waals surface area contributed by atoms with Crippen LogP contribution in [0, 0.1) is 26.2 Å². The van der Waals surface area contributed by atoms with Gasteiger partial charge >= 0.3 is 143 Å². The Morgan fingerprint density at radius 2 is 1.55 bits per heavy atom. The molecule has 0 heterocycles. The Hall–Kier alpha value is -1.20. The Balaban J connectivity index is 2.57. The van der Waals surface area contributed by atoms with E-state index >= 15 is 0 Å². The van der Waals surface area contributed by atoms with Crippen molar-refractivity contribution >= 4 is 10.1 Å². The van der Waals surface area contributed by atoms with E-state index in [-0.39, 0.29) is 5.41 Å². The van der Waals surface area contributed by atoms with Crippen LogP contribution in [-0.4, -0.2) is 4.40 Å². The van der Waals surface area contributed by atoms with Gasteiger partial charge in [0.25, 0.3) is 0 Å². The summed E-state index contributed by atoms with van der Waals surface area (Å²) in [6.07, 6.45) is 0. The molecule has 2 rings (SSSR count). The van der Waals surface area contributed by atoms with Gasteiger partial charge in [-0.3, -0.25) is 0 Å². The second-order valence-corrected chi connectivity index (χ2v) is 8.52. The zero-order valence-corrected chi connectivity index (χ0v) is 16.4. The quantitative estimate of drug-likeness (QED) is 0.569. The van der Waals surface area contributed by atoms with Gasteiger partial charge in [0.05, 0.1) is 0 Å². The van der Waals surface area contributed by atoms with E-state index in [1.165, 1.54) is 27.8 Å². The molecular weight excluding hydrogens is 350 g/mol. The number of hydrogen-bond donors (Lipinski definition) is 0. The van der Waals surface area contributed by atoms with Crippen LogP contribution >= 0.6 is 0 Å². The fraction of sp³-hybridized carbons (Fsp3) is 0.350. The first-order valence-electron chi connectivity index (χ1n) is 7.66. The molecule has 0 aliphatic heterocycles. The molecule has 0 aromatic heterocycles. The molecule has 114 valence electrons. The van der Waals surface area contributed by atoms with E-state index in [9.17, 15) is 0 Å². The van der Waals surface area contributed by atoms with E-state index in [2.05, 4.69) is 82.3 Å². The third-order valence-corrected chi connectivity index (χ3v) is 6.15. The molecule has 0 bridgehead atoms. The summed E-state index contributed by atoms with van der Waals surface area (Å²) in [5.41, 5.74) is 8.00. The van der Waals surface area contributed by atoms with Crippen molar-refractivity contribution in [2.45, 2.75) is 41.5 Å². The van der Waals surface area contributed by atoms with Crippen molar-refractivity contribution in [2.24, 2.45) is 8.91 Å². The van der Waals surface area contributed by atoms with Gasteiger partial charge in [-0.1, -0.05) is 0 Å². The minimum absolute atomic E-state index is 0.260. The van der Waals surface area contributed by atoms with Gasteiger partial charge in [0.15, 0.2) is 0 Å². The predicted molar refractivity (Wildman–Crippen MR) is 93.7 cm³/mol. The van der Waals surface area contributed by atoms with Crippen molar-refractivity contribution in [1.82, 2.24) is 0 Å². The Kier molecular flexibility index (Phi) is 5.40. The molecule has 0 spiro atoms. The van der Waals surface area contributed by atoms with Crippen molar-refractivity contribution in [3.63, 3.8) is 0 Å². The van der Waals surface area contributed by atoms with E-state index in [1.807, 2.05) is 0 Å². The van der Waals surface area contributed by atoms with Gasteiger partial charge in [-0.05, 0) is 0 Å². The average molecular weight is 375 g/mol. The Labute approximate surface area is 142 Å². The first-order valence-corrected chi connectivity index (χ1v) is 9.72. The van der Waals surface area contributed by atoms with Crippen LogP contribution < -0.4 is 0 Å². The van der Waals surface area contributed by atoms with Gasteiger partial charge in [0, 0.05) is 0 Å². The van der Waals surface area contributed by atoms with Crippen LogP contribution in [0.4, 0.5) is 5.69 Å². The predicted octanol–water partition coefficient (Wildman–Crippen LogP) is 6.02. The summed E-state index contributed by atoms with van der Waals surface area (Å²) in [7, 11) is 0. The molecule has 0 fully saturated rings. The van der Waals surface area contributed by atoms with Crippen LogP contribution in [0.15, 0.2) is 39.9 Å².